The minimum absolute atomic E-state index is 0.0880. The summed E-state index contributed by atoms with van der Waals surface area (Å²) in [5, 5.41) is 0.709. The second-order valence-electron chi connectivity index (χ2n) is 7.19. The molecular weight excluding hydrogens is 380 g/mol. The van der Waals surface area contributed by atoms with E-state index in [1.807, 2.05) is 0 Å². The van der Waals surface area contributed by atoms with Crippen LogP contribution in [-0.2, 0) is 0 Å². The fraction of sp³-hybridized carbons (Fsp3) is 0.304. The summed E-state index contributed by atoms with van der Waals surface area (Å²) in [6.45, 7) is 5.36. The van der Waals surface area contributed by atoms with Gasteiger partial charge in [0.2, 0.25) is 0 Å². The van der Waals surface area contributed by atoms with Crippen molar-refractivity contribution < 1.29 is 0 Å². The summed E-state index contributed by atoms with van der Waals surface area (Å²) < 4.78 is 0. The Bertz CT molecular complexity index is 968. The Labute approximate surface area is 175 Å². The Hall–Kier alpha value is -2.57. The van der Waals surface area contributed by atoms with Gasteiger partial charge in [0.15, 0.2) is 5.16 Å². The molecule has 0 saturated carbocycles. The van der Waals surface area contributed by atoms with Crippen molar-refractivity contribution in [2.75, 3.05) is 43.4 Å². The highest BCUT2D eigenvalue weighted by Gasteiger charge is 2.17. The van der Waals surface area contributed by atoms with Crippen LogP contribution in [0.1, 0.15) is 6.42 Å². The van der Waals surface area contributed by atoms with Gasteiger partial charge in [-0.15, -0.1) is 0 Å². The van der Waals surface area contributed by atoms with Crippen LogP contribution >= 0.6 is 11.8 Å². The molecule has 1 aliphatic heterocycles. The quantitative estimate of drug-likeness (QED) is 0.368. The lowest BCUT2D eigenvalue weighted by Crippen LogP contribution is -2.46. The van der Waals surface area contributed by atoms with Crippen LogP contribution in [0.3, 0.4) is 0 Å². The van der Waals surface area contributed by atoms with E-state index < -0.39 is 0 Å². The van der Waals surface area contributed by atoms with Crippen LogP contribution < -0.4 is 10.5 Å². The Morgan fingerprint density at radius 2 is 1.72 bits per heavy atom. The maximum Gasteiger partial charge on any atom is 0.251 e. The number of hydrogen-bond acceptors (Lipinski definition) is 5. The summed E-state index contributed by atoms with van der Waals surface area (Å²) in [4.78, 5) is 23.3. The number of nitrogens with one attached hydrogen (secondary N) is 1. The maximum atomic E-state index is 11.3. The first-order chi connectivity index (χ1) is 14.3. The standard InChI is InChI=1S/C23H26N4OS/c28-22-10-11-24-23(25-22)29-17-5-12-26-13-15-27(16-14-26)21-9-4-8-20(18-21)19-6-2-1-3-7-19/h1-4,6-11,18H,5,12-17H2,(H,24,25,28). The van der Waals surface area contributed by atoms with Gasteiger partial charge in [0.25, 0.3) is 5.56 Å². The fourth-order valence-corrected chi connectivity index (χ4v) is 4.40. The van der Waals surface area contributed by atoms with Crippen LogP contribution in [0, 0.1) is 0 Å². The molecule has 0 aliphatic carbocycles. The number of anilines is 1. The highest BCUT2D eigenvalue weighted by atomic mass is 32.2. The molecule has 6 heteroatoms. The number of thioether (sulfide) groups is 1. The minimum Gasteiger partial charge on any atom is -0.369 e. The average molecular weight is 407 g/mol. The first-order valence-corrected chi connectivity index (χ1v) is 11.1. The minimum atomic E-state index is -0.0880. The molecule has 0 bridgehead atoms. The second-order valence-corrected chi connectivity index (χ2v) is 8.27. The number of rotatable bonds is 7. The lowest BCUT2D eigenvalue weighted by Gasteiger charge is -2.36. The zero-order chi connectivity index (χ0) is 19.9. The Morgan fingerprint density at radius 3 is 2.52 bits per heavy atom. The van der Waals surface area contributed by atoms with Crippen molar-refractivity contribution in [1.82, 2.24) is 14.9 Å². The van der Waals surface area contributed by atoms with Crippen molar-refractivity contribution >= 4 is 17.4 Å². The van der Waals surface area contributed by atoms with Crippen LogP contribution in [0.4, 0.5) is 5.69 Å². The molecule has 29 heavy (non-hydrogen) atoms. The molecule has 0 amide bonds. The summed E-state index contributed by atoms with van der Waals surface area (Å²) in [7, 11) is 0. The molecule has 5 nitrogen and oxygen atoms in total. The van der Waals surface area contributed by atoms with Crippen molar-refractivity contribution in [2.45, 2.75) is 11.6 Å². The van der Waals surface area contributed by atoms with Gasteiger partial charge in [-0.25, -0.2) is 4.98 Å². The molecule has 0 spiro atoms. The first-order valence-electron chi connectivity index (χ1n) is 10.1. The molecule has 0 radical (unpaired) electrons. The van der Waals surface area contributed by atoms with Gasteiger partial charge in [-0.1, -0.05) is 54.2 Å². The highest BCUT2D eigenvalue weighted by molar-refractivity contribution is 7.99. The van der Waals surface area contributed by atoms with Crippen LogP contribution in [-0.4, -0.2) is 53.3 Å². The van der Waals surface area contributed by atoms with E-state index >= 15 is 0 Å². The Kier molecular flexibility index (Phi) is 6.64. The summed E-state index contributed by atoms with van der Waals surface area (Å²) >= 11 is 1.62. The molecule has 2 aromatic carbocycles. The van der Waals surface area contributed by atoms with Crippen molar-refractivity contribution in [3.8, 4) is 11.1 Å². The second kappa shape index (κ2) is 9.76. The molecule has 1 aromatic heterocycles. The monoisotopic (exact) mass is 406 g/mol. The van der Waals surface area contributed by atoms with E-state index in [2.05, 4.69) is 74.4 Å². The third-order valence-electron chi connectivity index (χ3n) is 5.20. The van der Waals surface area contributed by atoms with E-state index in [-0.39, 0.29) is 5.56 Å². The highest BCUT2D eigenvalue weighted by Crippen LogP contribution is 2.25. The van der Waals surface area contributed by atoms with Gasteiger partial charge in [0, 0.05) is 49.9 Å². The predicted octanol–water partition coefficient (Wildman–Crippen LogP) is 3.74. The summed E-state index contributed by atoms with van der Waals surface area (Å²) in [6.07, 6.45) is 2.65. The van der Waals surface area contributed by atoms with Crippen molar-refractivity contribution in [3.05, 3.63) is 77.2 Å². The van der Waals surface area contributed by atoms with Gasteiger partial charge >= 0.3 is 0 Å². The zero-order valence-electron chi connectivity index (χ0n) is 16.5. The Balaban J connectivity index is 1.24. The van der Waals surface area contributed by atoms with E-state index in [0.717, 1.165) is 44.9 Å². The largest absolute Gasteiger partial charge is 0.369 e. The number of piperazine rings is 1. The summed E-state index contributed by atoms with van der Waals surface area (Å²) in [6, 6.07) is 20.9. The smallest absolute Gasteiger partial charge is 0.251 e. The van der Waals surface area contributed by atoms with Crippen LogP contribution in [0.25, 0.3) is 11.1 Å². The van der Waals surface area contributed by atoms with E-state index in [9.17, 15) is 4.79 Å². The van der Waals surface area contributed by atoms with E-state index in [1.54, 1.807) is 18.0 Å². The van der Waals surface area contributed by atoms with Gasteiger partial charge in [-0.05, 0) is 36.2 Å². The number of nitrogens with zero attached hydrogens (tertiary/aromatic N) is 3. The third-order valence-corrected chi connectivity index (χ3v) is 6.17. The molecular formula is C23H26N4OS. The molecule has 4 rings (SSSR count). The van der Waals surface area contributed by atoms with E-state index in [4.69, 9.17) is 0 Å². The van der Waals surface area contributed by atoms with Crippen molar-refractivity contribution in [3.63, 3.8) is 0 Å². The molecule has 2 heterocycles. The zero-order valence-corrected chi connectivity index (χ0v) is 17.3. The molecule has 1 saturated heterocycles. The third kappa shape index (κ3) is 5.49. The molecule has 1 aliphatic rings. The van der Waals surface area contributed by atoms with E-state index in [0.29, 0.717) is 5.16 Å². The summed E-state index contributed by atoms with van der Waals surface area (Å²) in [5.41, 5.74) is 3.76. The fourth-order valence-electron chi connectivity index (χ4n) is 3.62. The van der Waals surface area contributed by atoms with Gasteiger partial charge in [0.05, 0.1) is 0 Å². The van der Waals surface area contributed by atoms with Gasteiger partial charge in [-0.3, -0.25) is 9.69 Å². The topological polar surface area (TPSA) is 52.2 Å². The maximum absolute atomic E-state index is 11.3. The molecule has 0 atom stereocenters. The number of aromatic nitrogens is 2. The molecule has 150 valence electrons. The lowest BCUT2D eigenvalue weighted by atomic mass is 10.0. The number of aromatic amines is 1. The van der Waals surface area contributed by atoms with Crippen LogP contribution in [0.5, 0.6) is 0 Å². The van der Waals surface area contributed by atoms with Crippen molar-refractivity contribution in [2.24, 2.45) is 0 Å². The number of H-pyrrole nitrogens is 1. The van der Waals surface area contributed by atoms with Crippen LogP contribution in [0.2, 0.25) is 0 Å². The first kappa shape index (κ1) is 19.7. The van der Waals surface area contributed by atoms with Gasteiger partial charge < -0.3 is 9.88 Å². The van der Waals surface area contributed by atoms with E-state index in [1.165, 1.54) is 22.9 Å². The summed E-state index contributed by atoms with van der Waals surface area (Å²) in [5.74, 6) is 0.965. The molecule has 1 N–H and O–H groups in total. The normalized spacial score (nSPS) is 14.8. The Morgan fingerprint density at radius 1 is 0.931 bits per heavy atom. The molecule has 0 unspecified atom stereocenters. The predicted molar refractivity (Wildman–Crippen MR) is 121 cm³/mol. The van der Waals surface area contributed by atoms with Gasteiger partial charge in [0.1, 0.15) is 0 Å². The lowest BCUT2D eigenvalue weighted by molar-refractivity contribution is 0.259. The molecule has 3 aromatic rings. The van der Waals surface area contributed by atoms with Crippen LogP contribution in [0.15, 0.2) is 76.8 Å². The SMILES string of the molecule is O=c1ccnc(SCCCN2CCN(c3cccc(-c4ccccc4)c3)CC2)[nH]1. The molecule has 1 fully saturated rings. The number of hydrogen-bond donors (Lipinski definition) is 1. The van der Waals surface area contributed by atoms with Crippen molar-refractivity contribution in [1.29, 1.82) is 0 Å². The number of benzene rings is 2. The average Bonchev–Trinajstić information content (AvgIpc) is 2.78. The van der Waals surface area contributed by atoms with Gasteiger partial charge in [-0.2, -0.15) is 0 Å².